The van der Waals surface area contributed by atoms with Gasteiger partial charge in [0.25, 0.3) is 0 Å². The van der Waals surface area contributed by atoms with Gasteiger partial charge in [0, 0.05) is 19.4 Å². The summed E-state index contributed by atoms with van der Waals surface area (Å²) in [7, 11) is 0. The Morgan fingerprint density at radius 2 is 2.06 bits per heavy atom. The van der Waals surface area contributed by atoms with Crippen LogP contribution in [0.2, 0.25) is 0 Å². The molecule has 0 unspecified atom stereocenters. The van der Waals surface area contributed by atoms with Crippen molar-refractivity contribution in [1.29, 1.82) is 0 Å². The molecule has 0 aliphatic carbocycles. The Kier molecular flexibility index (Phi) is 6.48. The number of carbonyl (C=O) groups excluding carboxylic acids is 1. The zero-order valence-corrected chi connectivity index (χ0v) is 10.2. The standard InChI is InChI=1S/C14H19FO2/c1-2-3-9-17-10-8-13(16)11-12-6-4-5-7-14(12)15/h4-7H,2-3,8-11H2,1H3. The number of hydrogen-bond donors (Lipinski definition) is 0. The molecule has 2 nitrogen and oxygen atoms in total. The molecule has 0 saturated heterocycles. The molecule has 0 aliphatic rings. The number of ketones is 1. The first-order valence-corrected chi connectivity index (χ1v) is 6.07. The third kappa shape index (κ3) is 5.59. The van der Waals surface area contributed by atoms with Crippen LogP contribution in [0.25, 0.3) is 0 Å². The molecule has 1 rings (SSSR count). The first-order valence-electron chi connectivity index (χ1n) is 6.07. The molecule has 0 N–H and O–H groups in total. The van der Waals surface area contributed by atoms with Crippen molar-refractivity contribution in [1.82, 2.24) is 0 Å². The molecule has 0 spiro atoms. The summed E-state index contributed by atoms with van der Waals surface area (Å²) in [6, 6.07) is 6.38. The van der Waals surface area contributed by atoms with Crippen LogP contribution in [0.4, 0.5) is 4.39 Å². The topological polar surface area (TPSA) is 26.3 Å². The molecule has 0 radical (unpaired) electrons. The zero-order chi connectivity index (χ0) is 12.5. The van der Waals surface area contributed by atoms with Crippen LogP contribution in [0.3, 0.4) is 0 Å². The predicted molar refractivity (Wildman–Crippen MR) is 65.5 cm³/mol. The van der Waals surface area contributed by atoms with Gasteiger partial charge in [-0.15, -0.1) is 0 Å². The van der Waals surface area contributed by atoms with Crippen LogP contribution in [0.15, 0.2) is 24.3 Å². The Morgan fingerprint density at radius 3 is 2.76 bits per heavy atom. The predicted octanol–water partition coefficient (Wildman–Crippen LogP) is 3.14. The van der Waals surface area contributed by atoms with Crippen molar-refractivity contribution >= 4 is 5.78 Å². The lowest BCUT2D eigenvalue weighted by Gasteiger charge is -2.04. The average Bonchev–Trinajstić information content (AvgIpc) is 2.32. The molecule has 0 heterocycles. The smallest absolute Gasteiger partial charge is 0.139 e. The Hall–Kier alpha value is -1.22. The number of ether oxygens (including phenoxy) is 1. The summed E-state index contributed by atoms with van der Waals surface area (Å²) < 4.78 is 18.6. The number of halogens is 1. The number of hydrogen-bond acceptors (Lipinski definition) is 2. The van der Waals surface area contributed by atoms with Crippen molar-refractivity contribution in [2.75, 3.05) is 13.2 Å². The van der Waals surface area contributed by atoms with Gasteiger partial charge in [0.1, 0.15) is 11.6 Å². The quantitative estimate of drug-likeness (QED) is 0.650. The first-order chi connectivity index (χ1) is 8.24. The molecule has 0 aromatic heterocycles. The number of benzene rings is 1. The second kappa shape index (κ2) is 7.96. The highest BCUT2D eigenvalue weighted by atomic mass is 19.1. The van der Waals surface area contributed by atoms with Crippen LogP contribution in [-0.4, -0.2) is 19.0 Å². The third-order valence-corrected chi connectivity index (χ3v) is 2.51. The molecular weight excluding hydrogens is 219 g/mol. The van der Waals surface area contributed by atoms with E-state index in [1.54, 1.807) is 18.2 Å². The van der Waals surface area contributed by atoms with Crippen molar-refractivity contribution in [3.63, 3.8) is 0 Å². The fourth-order valence-corrected chi connectivity index (χ4v) is 1.48. The van der Waals surface area contributed by atoms with Crippen LogP contribution in [0.5, 0.6) is 0 Å². The van der Waals surface area contributed by atoms with E-state index in [0.717, 1.165) is 12.8 Å². The average molecular weight is 238 g/mol. The second-order valence-corrected chi connectivity index (χ2v) is 4.02. The number of unbranched alkanes of at least 4 members (excludes halogenated alkanes) is 1. The highest BCUT2D eigenvalue weighted by molar-refractivity contribution is 5.80. The van der Waals surface area contributed by atoms with E-state index in [4.69, 9.17) is 4.74 Å². The normalized spacial score (nSPS) is 10.5. The summed E-state index contributed by atoms with van der Waals surface area (Å²) in [5, 5.41) is 0. The van der Waals surface area contributed by atoms with E-state index in [1.807, 2.05) is 0 Å². The van der Waals surface area contributed by atoms with Gasteiger partial charge in [-0.3, -0.25) is 4.79 Å². The summed E-state index contributed by atoms with van der Waals surface area (Å²) in [6.45, 7) is 3.23. The zero-order valence-electron chi connectivity index (χ0n) is 10.2. The van der Waals surface area contributed by atoms with E-state index in [1.165, 1.54) is 6.07 Å². The first kappa shape index (κ1) is 13.8. The van der Waals surface area contributed by atoms with Gasteiger partial charge in [-0.1, -0.05) is 31.5 Å². The van der Waals surface area contributed by atoms with Gasteiger partial charge in [0.15, 0.2) is 0 Å². The molecule has 0 aliphatic heterocycles. The molecule has 0 fully saturated rings. The lowest BCUT2D eigenvalue weighted by Crippen LogP contribution is -2.08. The van der Waals surface area contributed by atoms with Gasteiger partial charge in [-0.05, 0) is 18.1 Å². The maximum atomic E-state index is 13.3. The monoisotopic (exact) mass is 238 g/mol. The SMILES string of the molecule is CCCCOCCC(=O)Cc1ccccc1F. The van der Waals surface area contributed by atoms with Crippen LogP contribution < -0.4 is 0 Å². The van der Waals surface area contributed by atoms with Crippen LogP contribution in [0, 0.1) is 5.82 Å². The van der Waals surface area contributed by atoms with Gasteiger partial charge >= 0.3 is 0 Å². The Balaban J connectivity index is 2.23. The minimum absolute atomic E-state index is 0.0200. The van der Waals surface area contributed by atoms with Crippen molar-refractivity contribution in [3.8, 4) is 0 Å². The lowest BCUT2D eigenvalue weighted by molar-refractivity contribution is -0.119. The minimum Gasteiger partial charge on any atom is -0.381 e. The van der Waals surface area contributed by atoms with Gasteiger partial charge in [-0.2, -0.15) is 0 Å². The number of rotatable bonds is 8. The number of Topliss-reactive ketones (excluding diaryl/α,β-unsaturated/α-hetero) is 1. The molecular formula is C14H19FO2. The Labute approximate surface area is 102 Å². The molecule has 0 bridgehead atoms. The van der Waals surface area contributed by atoms with Gasteiger partial charge in [-0.25, -0.2) is 4.39 Å². The van der Waals surface area contributed by atoms with Crippen LogP contribution in [-0.2, 0) is 16.0 Å². The van der Waals surface area contributed by atoms with Gasteiger partial charge in [0.05, 0.1) is 6.61 Å². The molecule has 0 atom stereocenters. The number of carbonyl (C=O) groups is 1. The summed E-state index contributed by atoms with van der Waals surface area (Å²) in [5.74, 6) is -0.292. The summed E-state index contributed by atoms with van der Waals surface area (Å²) in [4.78, 5) is 11.6. The van der Waals surface area contributed by atoms with Crippen LogP contribution >= 0.6 is 0 Å². The molecule has 0 saturated carbocycles. The third-order valence-electron chi connectivity index (χ3n) is 2.51. The fourth-order valence-electron chi connectivity index (χ4n) is 1.48. The maximum Gasteiger partial charge on any atom is 0.139 e. The summed E-state index contributed by atoms with van der Waals surface area (Å²) >= 11 is 0. The largest absolute Gasteiger partial charge is 0.381 e. The Morgan fingerprint density at radius 1 is 1.29 bits per heavy atom. The summed E-state index contributed by atoms with van der Waals surface area (Å²) in [6.07, 6.45) is 2.62. The van der Waals surface area contributed by atoms with Gasteiger partial charge in [0.2, 0.25) is 0 Å². The molecule has 1 aromatic carbocycles. The van der Waals surface area contributed by atoms with E-state index in [0.29, 0.717) is 25.2 Å². The minimum atomic E-state index is -0.312. The second-order valence-electron chi connectivity index (χ2n) is 4.02. The summed E-state index contributed by atoms with van der Waals surface area (Å²) in [5.41, 5.74) is 0.464. The molecule has 3 heteroatoms. The fraction of sp³-hybridized carbons (Fsp3) is 0.500. The molecule has 0 amide bonds. The molecule has 94 valence electrons. The van der Waals surface area contributed by atoms with E-state index in [2.05, 4.69) is 6.92 Å². The maximum absolute atomic E-state index is 13.3. The van der Waals surface area contributed by atoms with E-state index >= 15 is 0 Å². The van der Waals surface area contributed by atoms with E-state index in [-0.39, 0.29) is 18.0 Å². The van der Waals surface area contributed by atoms with Crippen molar-refractivity contribution < 1.29 is 13.9 Å². The molecule has 17 heavy (non-hydrogen) atoms. The highest BCUT2D eigenvalue weighted by Gasteiger charge is 2.07. The highest BCUT2D eigenvalue weighted by Crippen LogP contribution is 2.08. The van der Waals surface area contributed by atoms with E-state index < -0.39 is 0 Å². The molecule has 1 aromatic rings. The van der Waals surface area contributed by atoms with Crippen molar-refractivity contribution in [2.45, 2.75) is 32.6 Å². The van der Waals surface area contributed by atoms with Crippen molar-refractivity contribution in [2.24, 2.45) is 0 Å². The van der Waals surface area contributed by atoms with Gasteiger partial charge < -0.3 is 4.74 Å². The lowest BCUT2D eigenvalue weighted by atomic mass is 10.1. The van der Waals surface area contributed by atoms with Crippen molar-refractivity contribution in [3.05, 3.63) is 35.6 Å². The Bertz CT molecular complexity index is 350. The van der Waals surface area contributed by atoms with E-state index in [9.17, 15) is 9.18 Å². The van der Waals surface area contributed by atoms with Crippen LogP contribution in [0.1, 0.15) is 31.7 Å².